The third-order valence-electron chi connectivity index (χ3n) is 5.56. The van der Waals surface area contributed by atoms with Crippen LogP contribution in [0.5, 0.6) is 23.0 Å². The average molecular weight is 476 g/mol. The number of methoxy groups -OCH3 is 2. The van der Waals surface area contributed by atoms with E-state index in [1.165, 1.54) is 44.6 Å². The second-order valence-electron chi connectivity index (χ2n) is 7.68. The molecular weight excluding hydrogens is 452 g/mol. The number of benzene rings is 2. The molecule has 182 valence electrons. The summed E-state index contributed by atoms with van der Waals surface area (Å²) in [6.45, 7) is -0.635. The lowest BCUT2D eigenvalue weighted by molar-refractivity contribution is -0.277. The van der Waals surface area contributed by atoms with Crippen molar-refractivity contribution in [1.29, 1.82) is 0 Å². The normalized spacial score (nSPS) is 24.7. The van der Waals surface area contributed by atoms with E-state index in [4.69, 9.17) is 23.4 Å². The minimum absolute atomic E-state index is 0.000700. The maximum atomic E-state index is 13.1. The fraction of sp³-hybridized carbons (Fsp3) is 0.348. The van der Waals surface area contributed by atoms with Crippen LogP contribution in [0.3, 0.4) is 0 Å². The first-order chi connectivity index (χ1) is 16.3. The van der Waals surface area contributed by atoms with E-state index < -0.39 is 42.7 Å². The van der Waals surface area contributed by atoms with Crippen LogP contribution in [0, 0.1) is 0 Å². The predicted molar refractivity (Wildman–Crippen MR) is 117 cm³/mol. The molecule has 1 fully saturated rings. The van der Waals surface area contributed by atoms with Crippen LogP contribution >= 0.6 is 0 Å². The Kier molecular flexibility index (Phi) is 6.64. The molecule has 3 aromatic rings. The summed E-state index contributed by atoms with van der Waals surface area (Å²) in [6, 6.07) is 8.55. The Balaban J connectivity index is 1.78. The molecule has 0 radical (unpaired) electrons. The predicted octanol–water partition coefficient (Wildman–Crippen LogP) is 0.361. The number of ether oxygens (including phenoxy) is 4. The number of fused-ring (bicyclic) bond motifs is 1. The molecule has 5 atom stereocenters. The molecule has 2 aromatic carbocycles. The van der Waals surface area contributed by atoms with Gasteiger partial charge in [0.1, 0.15) is 52.6 Å². The molecule has 2 heterocycles. The quantitative estimate of drug-likeness (QED) is 0.333. The molecule has 0 aliphatic carbocycles. The molecule has 4 rings (SSSR count). The van der Waals surface area contributed by atoms with Crippen molar-refractivity contribution in [3.05, 3.63) is 46.6 Å². The first-order valence-corrected chi connectivity index (χ1v) is 10.3. The number of hydrogen-bond donors (Lipinski definition) is 5. The standard InChI is InChI=1S/C23H24O11/c1-30-11-6-16-19(13(26)8-15(32-16)10-3-4-14(31-2)12(25)5-10)17(7-11)33-23-22(29)21(28)20(27)18(9-24)34-23/h3-8,18,20-25,27-29H,9H2,1-2H3. The van der Waals surface area contributed by atoms with Crippen LogP contribution in [0.2, 0.25) is 0 Å². The molecule has 1 aliphatic rings. The van der Waals surface area contributed by atoms with E-state index in [1.807, 2.05) is 0 Å². The molecule has 11 heteroatoms. The minimum Gasteiger partial charge on any atom is -0.504 e. The van der Waals surface area contributed by atoms with E-state index >= 15 is 0 Å². The number of rotatable bonds is 6. The molecule has 1 aromatic heterocycles. The SMILES string of the molecule is COc1cc(OC2OC(CO)C(O)C(O)C2O)c2c(=O)cc(-c3ccc(OC)c(O)c3)oc2c1. The molecule has 0 amide bonds. The van der Waals surface area contributed by atoms with E-state index in [0.717, 1.165) is 0 Å². The lowest BCUT2D eigenvalue weighted by Gasteiger charge is -2.39. The Bertz CT molecular complexity index is 1240. The van der Waals surface area contributed by atoms with Gasteiger partial charge in [0.25, 0.3) is 0 Å². The van der Waals surface area contributed by atoms with Crippen molar-refractivity contribution in [1.82, 2.24) is 0 Å². The van der Waals surface area contributed by atoms with E-state index in [-0.39, 0.29) is 39.7 Å². The number of aromatic hydroxyl groups is 1. The Hall–Kier alpha value is -3.35. The van der Waals surface area contributed by atoms with Crippen LogP contribution in [-0.2, 0) is 4.74 Å². The number of aliphatic hydroxyl groups excluding tert-OH is 4. The van der Waals surface area contributed by atoms with Crippen molar-refractivity contribution in [3.63, 3.8) is 0 Å². The molecule has 11 nitrogen and oxygen atoms in total. The van der Waals surface area contributed by atoms with Gasteiger partial charge < -0.3 is 48.9 Å². The summed E-state index contributed by atoms with van der Waals surface area (Å²) in [7, 11) is 2.80. The molecule has 1 aliphatic heterocycles. The van der Waals surface area contributed by atoms with Crippen LogP contribution < -0.4 is 19.6 Å². The minimum atomic E-state index is -1.67. The first kappa shape index (κ1) is 23.8. The monoisotopic (exact) mass is 476 g/mol. The Morgan fingerprint density at radius 3 is 2.35 bits per heavy atom. The zero-order valence-corrected chi connectivity index (χ0v) is 18.2. The lowest BCUT2D eigenvalue weighted by Crippen LogP contribution is -2.60. The van der Waals surface area contributed by atoms with Crippen molar-refractivity contribution in [3.8, 4) is 34.3 Å². The average Bonchev–Trinajstić information content (AvgIpc) is 2.83. The maximum absolute atomic E-state index is 13.1. The molecule has 0 spiro atoms. The van der Waals surface area contributed by atoms with Crippen LogP contribution in [-0.4, -0.2) is 77.1 Å². The van der Waals surface area contributed by atoms with Gasteiger partial charge in [-0.3, -0.25) is 4.79 Å². The summed E-state index contributed by atoms with van der Waals surface area (Å²) in [5.41, 5.74) is -0.0120. The second kappa shape index (κ2) is 9.49. The molecule has 0 bridgehead atoms. The van der Waals surface area contributed by atoms with Crippen molar-refractivity contribution in [2.24, 2.45) is 0 Å². The Morgan fingerprint density at radius 1 is 0.941 bits per heavy atom. The fourth-order valence-electron chi connectivity index (χ4n) is 3.71. The Morgan fingerprint density at radius 2 is 1.71 bits per heavy atom. The maximum Gasteiger partial charge on any atom is 0.229 e. The van der Waals surface area contributed by atoms with Gasteiger partial charge in [0.2, 0.25) is 6.29 Å². The fourth-order valence-corrected chi connectivity index (χ4v) is 3.71. The lowest BCUT2D eigenvalue weighted by atomic mass is 9.99. The summed E-state index contributed by atoms with van der Waals surface area (Å²) in [5.74, 6) is 0.452. The highest BCUT2D eigenvalue weighted by Gasteiger charge is 2.45. The highest BCUT2D eigenvalue weighted by Crippen LogP contribution is 2.36. The van der Waals surface area contributed by atoms with Crippen LogP contribution in [0.15, 0.2) is 45.6 Å². The summed E-state index contributed by atoms with van der Waals surface area (Å²) < 4.78 is 27.3. The molecule has 0 saturated carbocycles. The van der Waals surface area contributed by atoms with Gasteiger partial charge in [-0.25, -0.2) is 0 Å². The van der Waals surface area contributed by atoms with Gasteiger partial charge in [-0.2, -0.15) is 0 Å². The highest BCUT2D eigenvalue weighted by molar-refractivity contribution is 5.86. The largest absolute Gasteiger partial charge is 0.504 e. The molecule has 34 heavy (non-hydrogen) atoms. The number of phenolic OH excluding ortho intramolecular Hbond substituents is 1. The number of aliphatic hydroxyl groups is 4. The van der Waals surface area contributed by atoms with E-state index in [9.17, 15) is 30.3 Å². The second-order valence-corrected chi connectivity index (χ2v) is 7.68. The van der Waals surface area contributed by atoms with Gasteiger partial charge in [0, 0.05) is 23.8 Å². The van der Waals surface area contributed by atoms with Crippen LogP contribution in [0.4, 0.5) is 0 Å². The van der Waals surface area contributed by atoms with Crippen LogP contribution in [0.25, 0.3) is 22.3 Å². The van der Waals surface area contributed by atoms with Gasteiger partial charge in [-0.05, 0) is 18.2 Å². The van der Waals surface area contributed by atoms with Crippen LogP contribution in [0.1, 0.15) is 0 Å². The molecular formula is C23H24O11. The Labute approximate surface area is 192 Å². The zero-order valence-electron chi connectivity index (χ0n) is 18.2. The van der Waals surface area contributed by atoms with Gasteiger partial charge in [-0.15, -0.1) is 0 Å². The van der Waals surface area contributed by atoms with Gasteiger partial charge >= 0.3 is 0 Å². The molecule has 1 saturated heterocycles. The summed E-state index contributed by atoms with van der Waals surface area (Å²) in [5, 5.41) is 49.8. The van der Waals surface area contributed by atoms with E-state index in [2.05, 4.69) is 0 Å². The number of phenols is 1. The molecule has 5 unspecified atom stereocenters. The first-order valence-electron chi connectivity index (χ1n) is 10.3. The third-order valence-corrected chi connectivity index (χ3v) is 5.56. The van der Waals surface area contributed by atoms with Gasteiger partial charge in [0.05, 0.1) is 20.8 Å². The van der Waals surface area contributed by atoms with Crippen molar-refractivity contribution in [2.75, 3.05) is 20.8 Å². The summed E-state index contributed by atoms with van der Waals surface area (Å²) >= 11 is 0. The van der Waals surface area contributed by atoms with E-state index in [1.54, 1.807) is 6.07 Å². The van der Waals surface area contributed by atoms with Crippen molar-refractivity contribution >= 4 is 11.0 Å². The molecule has 5 N–H and O–H groups in total. The van der Waals surface area contributed by atoms with Gasteiger partial charge in [0.15, 0.2) is 16.9 Å². The third kappa shape index (κ3) is 4.27. The highest BCUT2D eigenvalue weighted by atomic mass is 16.7. The van der Waals surface area contributed by atoms with E-state index in [0.29, 0.717) is 5.56 Å². The smallest absolute Gasteiger partial charge is 0.229 e. The van der Waals surface area contributed by atoms with Gasteiger partial charge in [-0.1, -0.05) is 0 Å². The number of hydrogen-bond acceptors (Lipinski definition) is 11. The van der Waals surface area contributed by atoms with Crippen molar-refractivity contribution < 1.29 is 48.9 Å². The topological polar surface area (TPSA) is 168 Å². The van der Waals surface area contributed by atoms with Crippen molar-refractivity contribution in [2.45, 2.75) is 30.7 Å². The summed E-state index contributed by atoms with van der Waals surface area (Å²) in [6.07, 6.45) is -7.59. The zero-order chi connectivity index (χ0) is 24.6. The summed E-state index contributed by atoms with van der Waals surface area (Å²) in [4.78, 5) is 13.1.